The molecule has 0 aliphatic carbocycles. The van der Waals surface area contributed by atoms with E-state index in [-0.39, 0.29) is 6.10 Å². The Labute approximate surface area is 84.2 Å². The molecule has 1 aromatic carbocycles. The van der Waals surface area contributed by atoms with Crippen LogP contribution >= 0.6 is 0 Å². The molecule has 0 radical (unpaired) electrons. The minimum atomic E-state index is -1.42. The number of aliphatic hydroxyl groups is 1. The Morgan fingerprint density at radius 2 is 1.79 bits per heavy atom. The van der Waals surface area contributed by atoms with E-state index in [9.17, 15) is 5.11 Å². The fourth-order valence-electron chi connectivity index (χ4n) is 1.24. The van der Waals surface area contributed by atoms with Gasteiger partial charge in [0.15, 0.2) is 0 Å². The van der Waals surface area contributed by atoms with Crippen molar-refractivity contribution in [2.75, 3.05) is 0 Å². The first-order valence-electron chi connectivity index (χ1n) is 4.76. The monoisotopic (exact) mass is 194 g/mol. The topological polar surface area (TPSA) is 60.7 Å². The molecule has 3 nitrogen and oxygen atoms in total. The van der Waals surface area contributed by atoms with Crippen LogP contribution in [-0.4, -0.2) is 28.4 Å². The molecule has 4 heteroatoms. The van der Waals surface area contributed by atoms with Gasteiger partial charge < -0.3 is 15.2 Å². The summed E-state index contributed by atoms with van der Waals surface area (Å²) in [5, 5.41) is 27.1. The second kappa shape index (κ2) is 5.15. The van der Waals surface area contributed by atoms with Crippen molar-refractivity contribution in [2.45, 2.75) is 25.9 Å². The van der Waals surface area contributed by atoms with Crippen LogP contribution in [0.3, 0.4) is 0 Å². The van der Waals surface area contributed by atoms with E-state index in [4.69, 9.17) is 10.0 Å². The summed E-state index contributed by atoms with van der Waals surface area (Å²) in [4.78, 5) is 0. The van der Waals surface area contributed by atoms with Gasteiger partial charge in [0.25, 0.3) is 0 Å². The predicted molar refractivity (Wildman–Crippen MR) is 56.3 cm³/mol. The maximum Gasteiger partial charge on any atom is 0.488 e. The summed E-state index contributed by atoms with van der Waals surface area (Å²) in [5.74, 6) is 0. The van der Waals surface area contributed by atoms with E-state index in [2.05, 4.69) is 0 Å². The van der Waals surface area contributed by atoms with Crippen molar-refractivity contribution < 1.29 is 15.2 Å². The molecule has 0 saturated heterocycles. The molecule has 0 heterocycles. The lowest BCUT2D eigenvalue weighted by Crippen LogP contribution is -2.29. The lowest BCUT2D eigenvalue weighted by atomic mass is 9.80. The summed E-state index contributed by atoms with van der Waals surface area (Å²) in [7, 11) is -1.42. The van der Waals surface area contributed by atoms with Gasteiger partial charge in [-0.15, -0.1) is 0 Å². The first kappa shape index (κ1) is 11.2. The van der Waals surface area contributed by atoms with Crippen molar-refractivity contribution in [1.82, 2.24) is 0 Å². The molecular weight excluding hydrogens is 179 g/mol. The molecule has 1 atom stereocenters. The van der Waals surface area contributed by atoms with Crippen molar-refractivity contribution in [3.05, 3.63) is 29.8 Å². The van der Waals surface area contributed by atoms with Gasteiger partial charge in [0.05, 0.1) is 6.10 Å². The van der Waals surface area contributed by atoms with Crippen LogP contribution in [0.4, 0.5) is 0 Å². The summed E-state index contributed by atoms with van der Waals surface area (Å²) < 4.78 is 0. The zero-order valence-electron chi connectivity index (χ0n) is 8.22. The highest BCUT2D eigenvalue weighted by molar-refractivity contribution is 6.58. The van der Waals surface area contributed by atoms with E-state index in [1.807, 2.05) is 6.92 Å². The van der Waals surface area contributed by atoms with Gasteiger partial charge in [-0.05, 0) is 23.9 Å². The third kappa shape index (κ3) is 3.14. The normalized spacial score (nSPS) is 12.6. The largest absolute Gasteiger partial charge is 0.488 e. The first-order valence-corrected chi connectivity index (χ1v) is 4.76. The maximum atomic E-state index is 9.39. The SMILES string of the molecule is CCC(O)Cc1ccc(B(O)O)cc1. The fourth-order valence-corrected chi connectivity index (χ4v) is 1.24. The first-order chi connectivity index (χ1) is 6.63. The quantitative estimate of drug-likeness (QED) is 0.575. The fraction of sp³-hybridized carbons (Fsp3) is 0.400. The van der Waals surface area contributed by atoms with E-state index in [1.54, 1.807) is 24.3 Å². The average Bonchev–Trinajstić information content (AvgIpc) is 2.18. The maximum absolute atomic E-state index is 9.39. The minimum Gasteiger partial charge on any atom is -0.423 e. The molecule has 0 aromatic heterocycles. The molecule has 76 valence electrons. The highest BCUT2D eigenvalue weighted by Crippen LogP contribution is 2.04. The van der Waals surface area contributed by atoms with Crippen molar-refractivity contribution in [2.24, 2.45) is 0 Å². The van der Waals surface area contributed by atoms with Gasteiger partial charge in [-0.1, -0.05) is 31.2 Å². The standard InChI is InChI=1S/C10H15BO3/c1-2-10(12)7-8-3-5-9(6-4-8)11(13)14/h3-6,10,12-14H,2,7H2,1H3. The number of benzene rings is 1. The van der Waals surface area contributed by atoms with Crippen LogP contribution in [0.1, 0.15) is 18.9 Å². The number of hydrogen-bond donors (Lipinski definition) is 3. The summed E-state index contributed by atoms with van der Waals surface area (Å²) in [6.07, 6.45) is 1.02. The molecule has 0 saturated carbocycles. The summed E-state index contributed by atoms with van der Waals surface area (Å²) in [5.41, 5.74) is 1.48. The van der Waals surface area contributed by atoms with Gasteiger partial charge in [0, 0.05) is 0 Å². The second-order valence-electron chi connectivity index (χ2n) is 3.38. The predicted octanol–water partition coefficient (Wildman–Crippen LogP) is -0.320. The van der Waals surface area contributed by atoms with Crippen LogP contribution in [0.2, 0.25) is 0 Å². The molecule has 3 N–H and O–H groups in total. The molecule has 0 aliphatic rings. The third-order valence-electron chi connectivity index (χ3n) is 2.22. The number of hydrogen-bond acceptors (Lipinski definition) is 3. The lowest BCUT2D eigenvalue weighted by molar-refractivity contribution is 0.171. The molecule has 0 aliphatic heterocycles. The van der Waals surface area contributed by atoms with Gasteiger partial charge in [-0.3, -0.25) is 0 Å². The number of rotatable bonds is 4. The van der Waals surface area contributed by atoms with Crippen LogP contribution in [0.25, 0.3) is 0 Å². The Kier molecular flexibility index (Phi) is 4.13. The van der Waals surface area contributed by atoms with E-state index in [0.29, 0.717) is 11.9 Å². The highest BCUT2D eigenvalue weighted by atomic mass is 16.4. The molecule has 0 amide bonds. The summed E-state index contributed by atoms with van der Waals surface area (Å²) in [6, 6.07) is 6.91. The van der Waals surface area contributed by atoms with Crippen LogP contribution in [0.5, 0.6) is 0 Å². The smallest absolute Gasteiger partial charge is 0.423 e. The van der Waals surface area contributed by atoms with Crippen molar-refractivity contribution >= 4 is 12.6 Å². The Morgan fingerprint density at radius 1 is 1.21 bits per heavy atom. The molecule has 1 aromatic rings. The Hall–Kier alpha value is -0.835. The second-order valence-corrected chi connectivity index (χ2v) is 3.38. The summed E-state index contributed by atoms with van der Waals surface area (Å²) >= 11 is 0. The molecular formula is C10H15BO3. The molecule has 0 spiro atoms. The van der Waals surface area contributed by atoms with Crippen LogP contribution < -0.4 is 5.46 Å². The van der Waals surface area contributed by atoms with Gasteiger partial charge in [-0.25, -0.2) is 0 Å². The van der Waals surface area contributed by atoms with Crippen LogP contribution in [-0.2, 0) is 6.42 Å². The van der Waals surface area contributed by atoms with Crippen LogP contribution in [0.15, 0.2) is 24.3 Å². The van der Waals surface area contributed by atoms with Gasteiger partial charge >= 0.3 is 7.12 Å². The summed E-state index contributed by atoms with van der Waals surface area (Å²) in [6.45, 7) is 1.93. The molecule has 0 fully saturated rings. The van der Waals surface area contributed by atoms with E-state index < -0.39 is 7.12 Å². The Balaban J connectivity index is 2.64. The van der Waals surface area contributed by atoms with E-state index in [1.165, 1.54) is 0 Å². The zero-order chi connectivity index (χ0) is 10.6. The van der Waals surface area contributed by atoms with E-state index >= 15 is 0 Å². The highest BCUT2D eigenvalue weighted by Gasteiger charge is 2.10. The molecule has 14 heavy (non-hydrogen) atoms. The molecule has 0 bridgehead atoms. The van der Waals surface area contributed by atoms with Crippen molar-refractivity contribution in [1.29, 1.82) is 0 Å². The van der Waals surface area contributed by atoms with Gasteiger partial charge in [-0.2, -0.15) is 0 Å². The minimum absolute atomic E-state index is 0.320. The van der Waals surface area contributed by atoms with E-state index in [0.717, 1.165) is 12.0 Å². The molecule has 1 rings (SSSR count). The van der Waals surface area contributed by atoms with Crippen molar-refractivity contribution in [3.8, 4) is 0 Å². The Morgan fingerprint density at radius 3 is 2.21 bits per heavy atom. The number of aliphatic hydroxyl groups excluding tert-OH is 1. The average molecular weight is 194 g/mol. The zero-order valence-corrected chi connectivity index (χ0v) is 8.22. The van der Waals surface area contributed by atoms with Crippen LogP contribution in [0, 0.1) is 0 Å². The van der Waals surface area contributed by atoms with Gasteiger partial charge in [0.1, 0.15) is 0 Å². The Bertz CT molecular complexity index is 271. The van der Waals surface area contributed by atoms with Crippen molar-refractivity contribution in [3.63, 3.8) is 0 Å². The third-order valence-corrected chi connectivity index (χ3v) is 2.22. The van der Waals surface area contributed by atoms with Gasteiger partial charge in [0.2, 0.25) is 0 Å². The lowest BCUT2D eigenvalue weighted by Gasteiger charge is -2.07. The molecule has 1 unspecified atom stereocenters.